The van der Waals surface area contributed by atoms with Crippen LogP contribution in [0.4, 0.5) is 0 Å². The van der Waals surface area contributed by atoms with E-state index < -0.39 is 0 Å². The molecule has 0 saturated carbocycles. The van der Waals surface area contributed by atoms with Gasteiger partial charge in [0.15, 0.2) is 11.0 Å². The van der Waals surface area contributed by atoms with Gasteiger partial charge in [-0.1, -0.05) is 12.1 Å². The van der Waals surface area contributed by atoms with Gasteiger partial charge in [-0.15, -0.1) is 10.2 Å². The Bertz CT molecular complexity index is 549. The van der Waals surface area contributed by atoms with Crippen LogP contribution in [0.5, 0.6) is 0 Å². The van der Waals surface area contributed by atoms with E-state index in [0.29, 0.717) is 0 Å². The van der Waals surface area contributed by atoms with Crippen molar-refractivity contribution in [1.29, 1.82) is 0 Å². The molecule has 0 bridgehead atoms. The van der Waals surface area contributed by atoms with Gasteiger partial charge < -0.3 is 9.13 Å². The minimum Gasteiger partial charge on any atom is -0.335 e. The fraction of sp³-hybridized carbons (Fsp3) is 0.167. The molecule has 2 aromatic heterocycles. The van der Waals surface area contributed by atoms with Crippen LogP contribution < -0.4 is 11.0 Å². The summed E-state index contributed by atoms with van der Waals surface area (Å²) in [5.74, 6) is 0. The van der Waals surface area contributed by atoms with Gasteiger partial charge in [0.05, 0.1) is 0 Å². The van der Waals surface area contributed by atoms with Gasteiger partial charge in [-0.05, 0) is 24.3 Å². The van der Waals surface area contributed by atoms with Crippen LogP contribution in [-0.2, 0) is 14.1 Å². The van der Waals surface area contributed by atoms with Crippen LogP contribution >= 0.6 is 0 Å². The average Bonchev–Trinajstić information content (AvgIpc) is 2.30. The molecule has 4 heteroatoms. The molecular weight excluding hydrogens is 200 g/mol. The van der Waals surface area contributed by atoms with E-state index in [9.17, 15) is 0 Å². The highest BCUT2D eigenvalue weighted by Crippen LogP contribution is 1.79. The topological polar surface area (TPSA) is 34.6 Å². The number of hydrogen-bond donors (Lipinski definition) is 0. The molecule has 0 spiro atoms. The quantitative estimate of drug-likeness (QED) is 0.629. The molecule has 0 aliphatic heterocycles. The van der Waals surface area contributed by atoms with E-state index in [4.69, 9.17) is 0 Å². The van der Waals surface area contributed by atoms with Gasteiger partial charge >= 0.3 is 0 Å². The van der Waals surface area contributed by atoms with Crippen molar-refractivity contribution in [1.82, 2.24) is 9.13 Å². The van der Waals surface area contributed by atoms with E-state index in [1.807, 2.05) is 72.0 Å². The number of nitrogens with zero attached hydrogens (tertiary/aromatic N) is 4. The number of aromatic nitrogens is 2. The van der Waals surface area contributed by atoms with Gasteiger partial charge in [0, 0.05) is 26.5 Å². The molecule has 82 valence electrons. The lowest BCUT2D eigenvalue weighted by Crippen LogP contribution is -2.18. The van der Waals surface area contributed by atoms with Gasteiger partial charge in [-0.3, -0.25) is 0 Å². The maximum Gasteiger partial charge on any atom is 0.154 e. The summed E-state index contributed by atoms with van der Waals surface area (Å²) in [7, 11) is 3.89. The van der Waals surface area contributed by atoms with Crippen molar-refractivity contribution in [2.45, 2.75) is 0 Å². The first-order chi connectivity index (χ1) is 7.77. The fourth-order valence-electron chi connectivity index (χ4n) is 1.34. The predicted molar refractivity (Wildman–Crippen MR) is 62.0 cm³/mol. The summed E-state index contributed by atoms with van der Waals surface area (Å²) < 4.78 is 3.85. The Morgan fingerprint density at radius 3 is 1.56 bits per heavy atom. The first-order valence-electron chi connectivity index (χ1n) is 5.08. The van der Waals surface area contributed by atoms with Gasteiger partial charge in [0.1, 0.15) is 0 Å². The standard InChI is InChI=1S/C12H14N4/c1-15-9-5-3-7-11(15)13-14-12-8-4-6-10-16(12)2/h3-10H,1-2H3. The number of pyridine rings is 2. The van der Waals surface area contributed by atoms with E-state index in [1.165, 1.54) is 0 Å². The molecule has 0 aliphatic carbocycles. The first kappa shape index (κ1) is 10.4. The monoisotopic (exact) mass is 214 g/mol. The molecule has 4 nitrogen and oxygen atoms in total. The summed E-state index contributed by atoms with van der Waals surface area (Å²) >= 11 is 0. The second-order valence-electron chi connectivity index (χ2n) is 3.54. The van der Waals surface area contributed by atoms with Crippen LogP contribution in [0, 0.1) is 0 Å². The summed E-state index contributed by atoms with van der Waals surface area (Å²) in [6.07, 6.45) is 3.89. The molecular formula is C12H14N4. The molecule has 0 aromatic carbocycles. The van der Waals surface area contributed by atoms with Gasteiger partial charge in [-0.2, -0.15) is 0 Å². The molecule has 0 aliphatic rings. The zero-order valence-corrected chi connectivity index (χ0v) is 9.41. The van der Waals surface area contributed by atoms with Crippen LogP contribution in [0.25, 0.3) is 0 Å². The number of aryl methyl sites for hydroxylation is 2. The lowest BCUT2D eigenvalue weighted by molar-refractivity contribution is 0.775. The third-order valence-electron chi connectivity index (χ3n) is 2.31. The van der Waals surface area contributed by atoms with E-state index in [0.717, 1.165) is 11.0 Å². The van der Waals surface area contributed by atoms with Crippen LogP contribution in [0.15, 0.2) is 59.0 Å². The Morgan fingerprint density at radius 1 is 0.750 bits per heavy atom. The zero-order chi connectivity index (χ0) is 11.4. The smallest absolute Gasteiger partial charge is 0.154 e. The van der Waals surface area contributed by atoms with Crippen molar-refractivity contribution >= 4 is 0 Å². The molecule has 0 N–H and O–H groups in total. The van der Waals surface area contributed by atoms with E-state index >= 15 is 0 Å². The maximum absolute atomic E-state index is 4.20. The molecule has 2 rings (SSSR count). The summed E-state index contributed by atoms with van der Waals surface area (Å²) in [6, 6.07) is 11.7. The lowest BCUT2D eigenvalue weighted by Gasteiger charge is -1.97. The van der Waals surface area contributed by atoms with E-state index in [1.54, 1.807) is 0 Å². The van der Waals surface area contributed by atoms with Gasteiger partial charge in [0.25, 0.3) is 0 Å². The Labute approximate surface area is 93.8 Å². The molecule has 0 unspecified atom stereocenters. The minimum atomic E-state index is 0.825. The fourth-order valence-corrected chi connectivity index (χ4v) is 1.34. The average molecular weight is 214 g/mol. The molecule has 0 saturated heterocycles. The summed E-state index contributed by atoms with van der Waals surface area (Å²) in [4.78, 5) is 0. The Hall–Kier alpha value is -2.10. The van der Waals surface area contributed by atoms with E-state index in [-0.39, 0.29) is 0 Å². The number of rotatable bonds is 1. The van der Waals surface area contributed by atoms with Crippen LogP contribution in [-0.4, -0.2) is 9.13 Å². The summed E-state index contributed by atoms with van der Waals surface area (Å²) in [6.45, 7) is 0. The third kappa shape index (κ3) is 2.28. The van der Waals surface area contributed by atoms with Crippen LogP contribution in [0.1, 0.15) is 0 Å². The van der Waals surface area contributed by atoms with E-state index in [2.05, 4.69) is 10.2 Å². The normalized spacial score (nSPS) is 13.1. The van der Waals surface area contributed by atoms with Gasteiger partial charge in [0.2, 0.25) is 0 Å². The number of hydrogen-bond acceptors (Lipinski definition) is 2. The van der Waals surface area contributed by atoms with Crippen molar-refractivity contribution in [3.8, 4) is 0 Å². The lowest BCUT2D eigenvalue weighted by atomic mass is 10.5. The van der Waals surface area contributed by atoms with Crippen molar-refractivity contribution in [2.75, 3.05) is 0 Å². The van der Waals surface area contributed by atoms with Crippen LogP contribution in [0.3, 0.4) is 0 Å². The van der Waals surface area contributed by atoms with Crippen molar-refractivity contribution < 1.29 is 0 Å². The maximum atomic E-state index is 4.20. The molecule has 2 aromatic rings. The van der Waals surface area contributed by atoms with Crippen molar-refractivity contribution in [2.24, 2.45) is 24.3 Å². The highest BCUT2D eigenvalue weighted by Gasteiger charge is 1.85. The second kappa shape index (κ2) is 4.61. The molecule has 16 heavy (non-hydrogen) atoms. The zero-order valence-electron chi connectivity index (χ0n) is 9.41. The third-order valence-corrected chi connectivity index (χ3v) is 2.31. The Balaban J connectivity index is 2.52. The van der Waals surface area contributed by atoms with Gasteiger partial charge in [-0.25, -0.2) is 0 Å². The first-order valence-corrected chi connectivity index (χ1v) is 5.08. The van der Waals surface area contributed by atoms with Crippen molar-refractivity contribution in [3.63, 3.8) is 0 Å². The molecule has 2 heterocycles. The molecule has 0 fully saturated rings. The highest BCUT2D eigenvalue weighted by atomic mass is 15.3. The molecule has 0 radical (unpaired) electrons. The van der Waals surface area contributed by atoms with Crippen molar-refractivity contribution in [3.05, 3.63) is 59.8 Å². The largest absolute Gasteiger partial charge is 0.335 e. The summed E-state index contributed by atoms with van der Waals surface area (Å²) in [5, 5.41) is 8.41. The summed E-state index contributed by atoms with van der Waals surface area (Å²) in [5.41, 5.74) is 1.65. The SMILES string of the molecule is Cn1ccccc1=NN=c1ccccn1C. The highest BCUT2D eigenvalue weighted by molar-refractivity contribution is 4.93. The molecule has 0 atom stereocenters. The minimum absolute atomic E-state index is 0.825. The van der Waals surface area contributed by atoms with Crippen LogP contribution in [0.2, 0.25) is 0 Å². The molecule has 0 amide bonds. The predicted octanol–water partition coefficient (Wildman–Crippen LogP) is 0.780. The Morgan fingerprint density at radius 2 is 1.19 bits per heavy atom. The second-order valence-corrected chi connectivity index (χ2v) is 3.54. The Kier molecular flexibility index (Phi) is 3.00.